The molecule has 1 aromatic rings. The topological polar surface area (TPSA) is 12.0 Å². The van der Waals surface area contributed by atoms with Gasteiger partial charge in [0.15, 0.2) is 0 Å². The van der Waals surface area contributed by atoms with Crippen LogP contribution in [0.15, 0.2) is 12.1 Å². The van der Waals surface area contributed by atoms with Gasteiger partial charge < -0.3 is 5.32 Å². The van der Waals surface area contributed by atoms with E-state index in [2.05, 4.69) is 19.2 Å². The summed E-state index contributed by atoms with van der Waals surface area (Å²) < 4.78 is 40.5. The van der Waals surface area contributed by atoms with Crippen molar-refractivity contribution >= 4 is 0 Å². The largest absolute Gasteiger partial charge is 0.310 e. The minimum absolute atomic E-state index is 0.0335. The zero-order valence-corrected chi connectivity index (χ0v) is 10.9. The van der Waals surface area contributed by atoms with Gasteiger partial charge in [0, 0.05) is 23.7 Å². The van der Waals surface area contributed by atoms with Crippen molar-refractivity contribution < 1.29 is 13.2 Å². The average molecular weight is 257 g/mol. The lowest BCUT2D eigenvalue weighted by molar-refractivity contribution is 0.390. The monoisotopic (exact) mass is 257 g/mol. The van der Waals surface area contributed by atoms with E-state index in [0.717, 1.165) is 18.6 Å². The molecule has 1 N–H and O–H groups in total. The minimum atomic E-state index is -0.876. The standard InChI is InChI=1S/C14H18F3N/c1-4-18-13(9-7-14(9,2)3)12-10(16)5-8(15)6-11(12)17/h5-6,9,13,18H,4,7H2,1-3H3. The summed E-state index contributed by atoms with van der Waals surface area (Å²) in [6.45, 7) is 6.65. The molecule has 18 heavy (non-hydrogen) atoms. The lowest BCUT2D eigenvalue weighted by atomic mass is 9.96. The van der Waals surface area contributed by atoms with Crippen molar-refractivity contribution in [1.82, 2.24) is 5.32 Å². The molecule has 2 unspecified atom stereocenters. The summed E-state index contributed by atoms with van der Waals surface area (Å²) in [5.41, 5.74) is 0.0499. The fraction of sp³-hybridized carbons (Fsp3) is 0.571. The molecule has 1 saturated carbocycles. The summed E-state index contributed by atoms with van der Waals surface area (Å²) in [5.74, 6) is -2.30. The van der Waals surface area contributed by atoms with E-state index in [-0.39, 0.29) is 22.9 Å². The Bertz CT molecular complexity index is 433. The Morgan fingerprint density at radius 1 is 1.28 bits per heavy atom. The molecule has 1 aliphatic rings. The Kier molecular flexibility index (Phi) is 3.41. The minimum Gasteiger partial charge on any atom is -0.310 e. The van der Waals surface area contributed by atoms with E-state index in [9.17, 15) is 13.2 Å². The van der Waals surface area contributed by atoms with Crippen molar-refractivity contribution in [3.8, 4) is 0 Å². The van der Waals surface area contributed by atoms with E-state index < -0.39 is 17.5 Å². The van der Waals surface area contributed by atoms with Crippen LogP contribution >= 0.6 is 0 Å². The molecule has 0 radical (unpaired) electrons. The average Bonchev–Trinajstić information content (AvgIpc) is 2.84. The molecule has 4 heteroatoms. The summed E-state index contributed by atoms with van der Waals surface area (Å²) in [7, 11) is 0. The third kappa shape index (κ3) is 2.39. The van der Waals surface area contributed by atoms with E-state index in [1.807, 2.05) is 6.92 Å². The van der Waals surface area contributed by atoms with Crippen molar-refractivity contribution in [2.45, 2.75) is 33.2 Å². The summed E-state index contributed by atoms with van der Waals surface area (Å²) >= 11 is 0. The zero-order chi connectivity index (χ0) is 13.5. The Morgan fingerprint density at radius 2 is 1.78 bits per heavy atom. The maximum Gasteiger partial charge on any atom is 0.133 e. The smallest absolute Gasteiger partial charge is 0.133 e. The highest BCUT2D eigenvalue weighted by Crippen LogP contribution is 2.58. The fourth-order valence-corrected chi connectivity index (χ4v) is 2.59. The van der Waals surface area contributed by atoms with Crippen LogP contribution in [0.1, 0.15) is 38.8 Å². The molecule has 2 atom stereocenters. The molecular weight excluding hydrogens is 239 g/mol. The zero-order valence-electron chi connectivity index (χ0n) is 10.9. The second-order valence-electron chi connectivity index (χ2n) is 5.62. The second kappa shape index (κ2) is 4.57. The number of hydrogen-bond donors (Lipinski definition) is 1. The third-order valence-electron chi connectivity index (χ3n) is 3.77. The highest BCUT2D eigenvalue weighted by atomic mass is 19.1. The third-order valence-corrected chi connectivity index (χ3v) is 3.77. The molecule has 0 aromatic heterocycles. The highest BCUT2D eigenvalue weighted by molar-refractivity contribution is 5.27. The predicted molar refractivity (Wildman–Crippen MR) is 64.6 cm³/mol. The number of halogens is 3. The van der Waals surface area contributed by atoms with Crippen LogP contribution in [0.4, 0.5) is 13.2 Å². The SMILES string of the molecule is CCNC(c1c(F)cc(F)cc1F)C1CC1(C)C. The van der Waals surface area contributed by atoms with E-state index in [4.69, 9.17) is 0 Å². The van der Waals surface area contributed by atoms with Crippen molar-refractivity contribution in [3.05, 3.63) is 35.1 Å². The van der Waals surface area contributed by atoms with Crippen LogP contribution in [0.25, 0.3) is 0 Å². The molecule has 1 aromatic carbocycles. The van der Waals surface area contributed by atoms with E-state index in [0.29, 0.717) is 6.54 Å². The molecule has 0 spiro atoms. The van der Waals surface area contributed by atoms with Crippen molar-refractivity contribution in [2.75, 3.05) is 6.54 Å². The van der Waals surface area contributed by atoms with Gasteiger partial charge in [0.1, 0.15) is 17.5 Å². The van der Waals surface area contributed by atoms with Crippen LogP contribution in [0.3, 0.4) is 0 Å². The number of hydrogen-bond acceptors (Lipinski definition) is 1. The molecule has 100 valence electrons. The van der Waals surface area contributed by atoms with E-state index in [1.54, 1.807) is 0 Å². The van der Waals surface area contributed by atoms with Gasteiger partial charge in [0.05, 0.1) is 0 Å². The van der Waals surface area contributed by atoms with Crippen LogP contribution in [-0.4, -0.2) is 6.54 Å². The lowest BCUT2D eigenvalue weighted by Crippen LogP contribution is -2.26. The first-order chi connectivity index (χ1) is 8.36. The Labute approximate surface area is 105 Å². The van der Waals surface area contributed by atoms with Crippen molar-refractivity contribution in [1.29, 1.82) is 0 Å². The molecule has 0 bridgehead atoms. The molecule has 1 fully saturated rings. The van der Waals surface area contributed by atoms with Crippen LogP contribution < -0.4 is 5.32 Å². The summed E-state index contributed by atoms with van der Waals surface area (Å²) in [5, 5.41) is 3.12. The summed E-state index contributed by atoms with van der Waals surface area (Å²) in [4.78, 5) is 0. The first-order valence-electron chi connectivity index (χ1n) is 6.24. The van der Waals surface area contributed by atoms with Crippen LogP contribution in [0, 0.1) is 28.8 Å². The predicted octanol–water partition coefficient (Wildman–Crippen LogP) is 3.80. The lowest BCUT2D eigenvalue weighted by Gasteiger charge is -2.21. The summed E-state index contributed by atoms with van der Waals surface area (Å²) in [6.07, 6.45) is 0.918. The summed E-state index contributed by atoms with van der Waals surface area (Å²) in [6, 6.07) is 1.11. The van der Waals surface area contributed by atoms with Gasteiger partial charge in [-0.25, -0.2) is 13.2 Å². The molecule has 0 saturated heterocycles. The van der Waals surface area contributed by atoms with Crippen LogP contribution in [-0.2, 0) is 0 Å². The number of rotatable bonds is 4. The molecule has 2 rings (SSSR count). The van der Waals surface area contributed by atoms with Gasteiger partial charge in [-0.05, 0) is 24.3 Å². The molecular formula is C14H18F3N. The van der Waals surface area contributed by atoms with Gasteiger partial charge in [0.25, 0.3) is 0 Å². The Morgan fingerprint density at radius 3 is 2.17 bits per heavy atom. The quantitative estimate of drug-likeness (QED) is 0.865. The van der Waals surface area contributed by atoms with Gasteiger partial charge >= 0.3 is 0 Å². The van der Waals surface area contributed by atoms with Crippen molar-refractivity contribution in [2.24, 2.45) is 11.3 Å². The first kappa shape index (κ1) is 13.4. The Hall–Kier alpha value is -1.03. The maximum absolute atomic E-state index is 13.8. The fourth-order valence-electron chi connectivity index (χ4n) is 2.59. The van der Waals surface area contributed by atoms with Crippen LogP contribution in [0.2, 0.25) is 0 Å². The van der Waals surface area contributed by atoms with Crippen molar-refractivity contribution in [3.63, 3.8) is 0 Å². The van der Waals surface area contributed by atoms with E-state index >= 15 is 0 Å². The van der Waals surface area contributed by atoms with Gasteiger partial charge in [0.2, 0.25) is 0 Å². The molecule has 1 aliphatic carbocycles. The van der Waals surface area contributed by atoms with Gasteiger partial charge in [-0.2, -0.15) is 0 Å². The van der Waals surface area contributed by atoms with Crippen LogP contribution in [0.5, 0.6) is 0 Å². The van der Waals surface area contributed by atoms with Gasteiger partial charge in [-0.1, -0.05) is 20.8 Å². The highest BCUT2D eigenvalue weighted by Gasteiger charge is 2.51. The Balaban J connectivity index is 2.37. The molecule has 0 aliphatic heterocycles. The second-order valence-corrected chi connectivity index (χ2v) is 5.62. The normalized spacial score (nSPS) is 22.9. The van der Waals surface area contributed by atoms with Gasteiger partial charge in [-0.3, -0.25) is 0 Å². The molecule has 0 amide bonds. The molecule has 1 nitrogen and oxygen atoms in total. The number of nitrogens with one attached hydrogen (secondary N) is 1. The molecule has 0 heterocycles. The first-order valence-corrected chi connectivity index (χ1v) is 6.24. The maximum atomic E-state index is 13.8. The van der Waals surface area contributed by atoms with E-state index in [1.165, 1.54) is 0 Å². The number of benzene rings is 1. The van der Waals surface area contributed by atoms with Gasteiger partial charge in [-0.15, -0.1) is 0 Å².